The van der Waals surface area contributed by atoms with Crippen LogP contribution in [0.15, 0.2) is 42.6 Å². The van der Waals surface area contributed by atoms with Crippen LogP contribution in [0, 0.1) is 6.92 Å². The maximum absolute atomic E-state index is 13.8. The van der Waals surface area contributed by atoms with Crippen LogP contribution in [0.1, 0.15) is 52.4 Å². The third-order valence-electron chi connectivity index (χ3n) is 6.90. The molecule has 0 bridgehead atoms. The van der Waals surface area contributed by atoms with Crippen molar-refractivity contribution in [3.63, 3.8) is 0 Å². The molecule has 10 nitrogen and oxygen atoms in total. The fraction of sp³-hybridized carbons (Fsp3) is 0.393. The van der Waals surface area contributed by atoms with E-state index in [9.17, 15) is 26.7 Å². The molecule has 1 aliphatic rings. The van der Waals surface area contributed by atoms with E-state index in [0.29, 0.717) is 48.3 Å². The van der Waals surface area contributed by atoms with Crippen molar-refractivity contribution in [1.29, 1.82) is 0 Å². The molecule has 226 valence electrons. The fourth-order valence-corrected chi connectivity index (χ4v) is 4.87. The molecule has 1 aromatic heterocycles. The number of aromatic nitrogens is 2. The quantitative estimate of drug-likeness (QED) is 0.279. The fourth-order valence-electron chi connectivity index (χ4n) is 4.54. The first kappa shape index (κ1) is 31.2. The average molecular weight is 606 g/mol. The summed E-state index contributed by atoms with van der Waals surface area (Å²) >= 11 is -2.57. The van der Waals surface area contributed by atoms with Crippen LogP contribution < -0.4 is 20.3 Å². The second-order valence-corrected chi connectivity index (χ2v) is 10.8. The molecule has 3 aromatic rings. The van der Waals surface area contributed by atoms with E-state index in [1.54, 1.807) is 43.3 Å². The zero-order chi connectivity index (χ0) is 30.4. The molecule has 14 heteroatoms. The van der Waals surface area contributed by atoms with Gasteiger partial charge in [0.05, 0.1) is 5.69 Å². The van der Waals surface area contributed by atoms with Gasteiger partial charge in [-0.25, -0.2) is 4.98 Å². The number of aryl methyl sites for hydroxylation is 2. The lowest BCUT2D eigenvalue weighted by Crippen LogP contribution is -2.38. The summed E-state index contributed by atoms with van der Waals surface area (Å²) < 4.78 is 70.9. The number of anilines is 4. The molecule has 2 aromatic carbocycles. The van der Waals surface area contributed by atoms with E-state index in [4.69, 9.17) is 4.74 Å². The van der Waals surface area contributed by atoms with Crippen molar-refractivity contribution >= 4 is 40.3 Å². The number of benzene rings is 2. The molecule has 1 saturated heterocycles. The van der Waals surface area contributed by atoms with Crippen molar-refractivity contribution in [3.05, 3.63) is 70.4 Å². The zero-order valence-corrected chi connectivity index (χ0v) is 24.2. The largest absolute Gasteiger partial charge is 0.755 e. The highest BCUT2D eigenvalue weighted by Crippen LogP contribution is 2.35. The third-order valence-corrected chi connectivity index (χ3v) is 7.54. The molecule has 1 unspecified atom stereocenters. The highest BCUT2D eigenvalue weighted by molar-refractivity contribution is 7.80. The average Bonchev–Trinajstić information content (AvgIpc) is 2.96. The Bertz CT molecular complexity index is 1450. The monoisotopic (exact) mass is 605 g/mol. The van der Waals surface area contributed by atoms with E-state index in [1.807, 2.05) is 6.92 Å². The summed E-state index contributed by atoms with van der Waals surface area (Å²) in [7, 11) is 1.35. The number of nitrogens with zero attached hydrogens (tertiary/aromatic N) is 3. The molecular formula is C28H32F3N6O4S-. The van der Waals surface area contributed by atoms with Crippen LogP contribution in [0.25, 0.3) is 0 Å². The van der Waals surface area contributed by atoms with E-state index in [1.165, 1.54) is 7.05 Å². The highest BCUT2D eigenvalue weighted by Gasteiger charge is 2.35. The molecule has 0 aliphatic carbocycles. The van der Waals surface area contributed by atoms with Crippen molar-refractivity contribution in [2.75, 3.05) is 35.2 Å². The highest BCUT2D eigenvalue weighted by atomic mass is 32.2. The van der Waals surface area contributed by atoms with Crippen LogP contribution >= 0.6 is 0 Å². The first-order valence-corrected chi connectivity index (χ1v) is 14.4. The number of hydrogen-bond donors (Lipinski definition) is 3. The molecule has 1 fully saturated rings. The Kier molecular flexibility index (Phi) is 10.0. The summed E-state index contributed by atoms with van der Waals surface area (Å²) in [4.78, 5) is 20.8. The summed E-state index contributed by atoms with van der Waals surface area (Å²) in [5, 5.41) is 8.69. The number of rotatable bonds is 10. The summed E-state index contributed by atoms with van der Waals surface area (Å²) in [5.74, 6) is -0.758. The zero-order valence-electron chi connectivity index (χ0n) is 23.4. The Balaban J connectivity index is 1.56. The normalized spacial score (nSPS) is 14.7. The molecular weight excluding hydrogens is 573 g/mol. The van der Waals surface area contributed by atoms with Crippen molar-refractivity contribution in [1.82, 2.24) is 15.3 Å². The smallest absolute Gasteiger partial charge is 0.421 e. The summed E-state index contributed by atoms with van der Waals surface area (Å²) in [5.41, 5.74) is 2.27. The van der Waals surface area contributed by atoms with Gasteiger partial charge in [0.2, 0.25) is 5.95 Å². The van der Waals surface area contributed by atoms with Crippen LogP contribution in [0.2, 0.25) is 0 Å². The number of halogens is 3. The van der Waals surface area contributed by atoms with Crippen LogP contribution in [0.3, 0.4) is 0 Å². The minimum Gasteiger partial charge on any atom is -0.755 e. The Morgan fingerprint density at radius 1 is 1.17 bits per heavy atom. The van der Waals surface area contributed by atoms with Gasteiger partial charge in [-0.15, -0.1) is 0 Å². The van der Waals surface area contributed by atoms with Crippen LogP contribution in [-0.4, -0.2) is 50.9 Å². The van der Waals surface area contributed by atoms with Crippen molar-refractivity contribution in [2.45, 2.75) is 51.9 Å². The maximum Gasteiger partial charge on any atom is 0.421 e. The molecule has 0 radical (unpaired) electrons. The maximum atomic E-state index is 13.8. The predicted molar refractivity (Wildman–Crippen MR) is 153 cm³/mol. The molecule has 1 atom stereocenters. The SMILES string of the molecule is CCc1cc(C(=O)NC2CCOCC2)ccc1Nc1ncc(C(F)(F)F)c(NCc2ccc(C)cc2N(C)S(=O)[O-])n1. The van der Waals surface area contributed by atoms with Gasteiger partial charge in [-0.3, -0.25) is 9.00 Å². The van der Waals surface area contributed by atoms with Crippen molar-refractivity contribution in [2.24, 2.45) is 0 Å². The second kappa shape index (κ2) is 13.5. The van der Waals surface area contributed by atoms with E-state index in [2.05, 4.69) is 25.9 Å². The van der Waals surface area contributed by atoms with Gasteiger partial charge in [0.1, 0.15) is 11.4 Å². The minimum atomic E-state index is -4.74. The Morgan fingerprint density at radius 2 is 1.90 bits per heavy atom. The summed E-state index contributed by atoms with van der Waals surface area (Å²) in [6.45, 7) is 4.74. The molecule has 2 heterocycles. The lowest BCUT2D eigenvalue weighted by molar-refractivity contribution is -0.137. The first-order valence-electron chi connectivity index (χ1n) is 13.4. The number of carbonyl (C=O) groups excluding carboxylic acids is 1. The standard InChI is InChI=1S/C28H33F3N6O4S/c1-4-18-14-19(26(38)34-21-9-11-41-12-10-21)7-8-23(18)35-27-33-16-22(28(29,30)31)25(36-27)32-15-20-6-5-17(2)13-24(20)37(3)42(39)40/h5-8,13-14,16,21H,4,9-12,15H2,1-3H3,(H,34,38)(H,39,40)(H2,32,33,35,36)/p-1. The van der Waals surface area contributed by atoms with E-state index in [-0.39, 0.29) is 24.4 Å². The van der Waals surface area contributed by atoms with Crippen LogP contribution in [0.5, 0.6) is 0 Å². The third kappa shape index (κ3) is 7.75. The van der Waals surface area contributed by atoms with E-state index >= 15 is 0 Å². The Morgan fingerprint density at radius 3 is 2.57 bits per heavy atom. The molecule has 42 heavy (non-hydrogen) atoms. The molecule has 3 N–H and O–H groups in total. The Hall–Kier alpha value is -3.75. The molecule has 1 amide bonds. The van der Waals surface area contributed by atoms with Gasteiger partial charge in [-0.2, -0.15) is 18.2 Å². The van der Waals surface area contributed by atoms with E-state index in [0.717, 1.165) is 28.3 Å². The molecule has 1 aliphatic heterocycles. The number of hydrogen-bond acceptors (Lipinski definition) is 8. The predicted octanol–water partition coefficient (Wildman–Crippen LogP) is 4.86. The molecule has 0 saturated carbocycles. The van der Waals surface area contributed by atoms with Gasteiger partial charge in [-0.1, -0.05) is 19.1 Å². The van der Waals surface area contributed by atoms with Crippen LogP contribution in [0.4, 0.5) is 36.3 Å². The first-order chi connectivity index (χ1) is 20.0. The van der Waals surface area contributed by atoms with Crippen molar-refractivity contribution in [3.8, 4) is 0 Å². The van der Waals surface area contributed by atoms with Crippen molar-refractivity contribution < 1.29 is 31.5 Å². The second-order valence-electron chi connectivity index (χ2n) is 9.86. The topological polar surface area (TPSA) is 132 Å². The minimum absolute atomic E-state index is 0.0411. The number of ether oxygens (including phenoxy) is 1. The van der Waals surface area contributed by atoms with Gasteiger partial charge in [-0.05, 0) is 67.1 Å². The van der Waals surface area contributed by atoms with Gasteiger partial charge >= 0.3 is 6.18 Å². The van der Waals surface area contributed by atoms with Gasteiger partial charge < -0.3 is 29.5 Å². The Labute approximate surface area is 244 Å². The van der Waals surface area contributed by atoms with E-state index < -0.39 is 28.8 Å². The molecule has 4 rings (SSSR count). The van der Waals surface area contributed by atoms with Gasteiger partial charge in [0, 0.05) is 61.6 Å². The lowest BCUT2D eigenvalue weighted by atomic mass is 10.0. The number of carbonyl (C=O) groups is 1. The van der Waals surface area contributed by atoms with Gasteiger partial charge in [0.25, 0.3) is 5.91 Å². The number of alkyl halides is 3. The lowest BCUT2D eigenvalue weighted by Gasteiger charge is -2.25. The summed E-state index contributed by atoms with van der Waals surface area (Å²) in [6, 6.07) is 10.1. The molecule has 0 spiro atoms. The van der Waals surface area contributed by atoms with Gasteiger partial charge in [0.15, 0.2) is 0 Å². The number of nitrogens with one attached hydrogen (secondary N) is 3. The van der Waals surface area contributed by atoms with Crippen LogP contribution in [-0.2, 0) is 35.1 Å². The number of amides is 1. The summed E-state index contributed by atoms with van der Waals surface area (Å²) in [6.07, 6.45) is -2.02.